The number of anilines is 1. The first-order valence-electron chi connectivity index (χ1n) is 11.8. The SMILES string of the molecule is Cc1ccccc1C1/C(=C(\O)c2ccc3c(c2)N(C)CCO3)C(=O)C(=O)N1C1CCCCC1. The summed E-state index contributed by atoms with van der Waals surface area (Å²) >= 11 is 0. The van der Waals surface area contributed by atoms with Gasteiger partial charge < -0.3 is 19.6 Å². The lowest BCUT2D eigenvalue weighted by Crippen LogP contribution is -2.40. The van der Waals surface area contributed by atoms with E-state index < -0.39 is 17.7 Å². The van der Waals surface area contributed by atoms with Crippen LogP contribution in [0.3, 0.4) is 0 Å². The van der Waals surface area contributed by atoms with Gasteiger partial charge in [-0.25, -0.2) is 0 Å². The largest absolute Gasteiger partial charge is 0.507 e. The van der Waals surface area contributed by atoms with Crippen LogP contribution in [0.25, 0.3) is 5.76 Å². The van der Waals surface area contributed by atoms with Crippen LogP contribution in [-0.4, -0.2) is 47.9 Å². The van der Waals surface area contributed by atoms with Crippen molar-refractivity contribution in [3.8, 4) is 5.75 Å². The monoisotopic (exact) mass is 446 g/mol. The summed E-state index contributed by atoms with van der Waals surface area (Å²) < 4.78 is 5.73. The molecule has 2 aromatic carbocycles. The number of hydrogen-bond donors (Lipinski definition) is 1. The van der Waals surface area contributed by atoms with Crippen molar-refractivity contribution in [2.75, 3.05) is 25.1 Å². The number of benzene rings is 2. The van der Waals surface area contributed by atoms with Gasteiger partial charge in [-0.05, 0) is 49.1 Å². The van der Waals surface area contributed by atoms with Gasteiger partial charge in [0, 0.05) is 18.7 Å². The van der Waals surface area contributed by atoms with Gasteiger partial charge in [0.25, 0.3) is 11.7 Å². The molecular weight excluding hydrogens is 416 g/mol. The Labute approximate surface area is 194 Å². The first kappa shape index (κ1) is 21.6. The Morgan fingerprint density at radius 2 is 1.82 bits per heavy atom. The second-order valence-electron chi connectivity index (χ2n) is 9.31. The number of nitrogens with zero attached hydrogens (tertiary/aromatic N) is 2. The third kappa shape index (κ3) is 3.67. The Morgan fingerprint density at radius 1 is 1.06 bits per heavy atom. The van der Waals surface area contributed by atoms with E-state index in [0.717, 1.165) is 61.2 Å². The second-order valence-corrected chi connectivity index (χ2v) is 9.31. The van der Waals surface area contributed by atoms with Crippen molar-refractivity contribution in [2.24, 2.45) is 0 Å². The molecule has 0 radical (unpaired) electrons. The number of amides is 1. The average molecular weight is 447 g/mol. The molecule has 5 rings (SSSR count). The first-order valence-corrected chi connectivity index (χ1v) is 11.8. The molecule has 1 amide bonds. The molecule has 2 aliphatic heterocycles. The number of fused-ring (bicyclic) bond motifs is 1. The number of ketones is 1. The highest BCUT2D eigenvalue weighted by molar-refractivity contribution is 6.46. The van der Waals surface area contributed by atoms with E-state index in [2.05, 4.69) is 4.90 Å². The summed E-state index contributed by atoms with van der Waals surface area (Å²) in [6.45, 7) is 3.34. The van der Waals surface area contributed by atoms with Gasteiger partial charge in [-0.1, -0.05) is 43.5 Å². The standard InChI is InChI=1S/C27H30N2O4/c1-17-8-6-7-11-20(17)24-23(26(31)27(32)29(24)19-9-4-3-5-10-19)25(30)18-12-13-22-21(16-18)28(2)14-15-33-22/h6-8,11-13,16,19,24,30H,3-5,9-10,14-15H2,1-2H3/b25-23+. The number of likely N-dealkylation sites (N-methyl/N-ethyl adjacent to an activating group) is 1. The third-order valence-electron chi connectivity index (χ3n) is 7.26. The molecule has 1 saturated carbocycles. The van der Waals surface area contributed by atoms with Crippen molar-refractivity contribution in [3.63, 3.8) is 0 Å². The average Bonchev–Trinajstić information content (AvgIpc) is 3.10. The molecule has 1 atom stereocenters. The molecule has 2 aromatic rings. The molecule has 0 bridgehead atoms. The Morgan fingerprint density at radius 3 is 2.58 bits per heavy atom. The van der Waals surface area contributed by atoms with Crippen LogP contribution in [0.15, 0.2) is 48.0 Å². The van der Waals surface area contributed by atoms with Crippen molar-refractivity contribution < 1.29 is 19.4 Å². The van der Waals surface area contributed by atoms with Crippen LogP contribution in [0.2, 0.25) is 0 Å². The van der Waals surface area contributed by atoms with Crippen molar-refractivity contribution in [1.29, 1.82) is 0 Å². The normalized spacial score (nSPS) is 22.9. The minimum atomic E-state index is -0.603. The maximum absolute atomic E-state index is 13.4. The Kier molecular flexibility index (Phi) is 5.60. The molecule has 1 aliphatic carbocycles. The molecule has 3 aliphatic rings. The summed E-state index contributed by atoms with van der Waals surface area (Å²) in [6, 6.07) is 12.7. The van der Waals surface area contributed by atoms with Gasteiger partial charge in [0.1, 0.15) is 18.1 Å². The van der Waals surface area contributed by atoms with Gasteiger partial charge in [-0.15, -0.1) is 0 Å². The fraction of sp³-hybridized carbons (Fsp3) is 0.407. The Hall–Kier alpha value is -3.28. The molecule has 1 unspecified atom stereocenters. The van der Waals surface area contributed by atoms with E-state index in [1.165, 1.54) is 0 Å². The fourth-order valence-electron chi connectivity index (χ4n) is 5.44. The second kappa shape index (κ2) is 8.58. The lowest BCUT2D eigenvalue weighted by molar-refractivity contribution is -0.141. The fourth-order valence-corrected chi connectivity index (χ4v) is 5.44. The van der Waals surface area contributed by atoms with Crippen molar-refractivity contribution in [3.05, 3.63) is 64.7 Å². The van der Waals surface area contributed by atoms with E-state index in [4.69, 9.17) is 4.74 Å². The van der Waals surface area contributed by atoms with Crippen molar-refractivity contribution in [1.82, 2.24) is 4.90 Å². The number of rotatable bonds is 3. The van der Waals surface area contributed by atoms with Gasteiger partial charge in [0.05, 0.1) is 23.8 Å². The van der Waals surface area contributed by atoms with Crippen molar-refractivity contribution >= 4 is 23.1 Å². The van der Waals surface area contributed by atoms with Gasteiger partial charge in [-0.2, -0.15) is 0 Å². The zero-order valence-electron chi connectivity index (χ0n) is 19.2. The van der Waals surface area contributed by atoms with E-state index in [-0.39, 0.29) is 17.4 Å². The Balaban J connectivity index is 1.66. The number of carbonyl (C=O) groups excluding carboxylic acids is 2. The highest BCUT2D eigenvalue weighted by Crippen LogP contribution is 2.44. The van der Waals surface area contributed by atoms with E-state index in [1.807, 2.05) is 50.4 Å². The number of aliphatic hydroxyl groups excluding tert-OH is 1. The highest BCUT2D eigenvalue weighted by Gasteiger charge is 2.49. The predicted octanol–water partition coefficient (Wildman–Crippen LogP) is 4.58. The van der Waals surface area contributed by atoms with Crippen LogP contribution in [0, 0.1) is 6.92 Å². The number of Topliss-reactive ketones (excluding diaryl/α,β-unsaturated/α-hetero) is 1. The number of ether oxygens (including phenoxy) is 1. The van der Waals surface area contributed by atoms with Crippen molar-refractivity contribution in [2.45, 2.75) is 51.1 Å². The molecular formula is C27H30N2O4. The summed E-state index contributed by atoms with van der Waals surface area (Å²) in [7, 11) is 1.97. The van der Waals surface area contributed by atoms with Gasteiger partial charge in [0.15, 0.2) is 0 Å². The van der Waals surface area contributed by atoms with Crippen LogP contribution in [-0.2, 0) is 9.59 Å². The molecule has 0 spiro atoms. The summed E-state index contributed by atoms with van der Waals surface area (Å²) in [5.41, 5.74) is 3.45. The number of likely N-dealkylation sites (tertiary alicyclic amines) is 1. The molecule has 2 fully saturated rings. The summed E-state index contributed by atoms with van der Waals surface area (Å²) in [4.78, 5) is 30.5. The molecule has 0 aromatic heterocycles. The number of aryl methyl sites for hydroxylation is 1. The van der Waals surface area contributed by atoms with E-state index >= 15 is 0 Å². The highest BCUT2D eigenvalue weighted by atomic mass is 16.5. The third-order valence-corrected chi connectivity index (χ3v) is 7.26. The minimum absolute atomic E-state index is 0.00757. The summed E-state index contributed by atoms with van der Waals surface area (Å²) in [5.74, 6) is -0.483. The van der Waals surface area contributed by atoms with Crippen LogP contribution >= 0.6 is 0 Å². The molecule has 6 nitrogen and oxygen atoms in total. The van der Waals surface area contributed by atoms with E-state index in [0.29, 0.717) is 12.2 Å². The molecule has 33 heavy (non-hydrogen) atoms. The topological polar surface area (TPSA) is 70.1 Å². The van der Waals surface area contributed by atoms with Gasteiger partial charge >= 0.3 is 0 Å². The van der Waals surface area contributed by atoms with Crippen LogP contribution in [0.4, 0.5) is 5.69 Å². The minimum Gasteiger partial charge on any atom is -0.507 e. The van der Waals surface area contributed by atoms with E-state index in [1.54, 1.807) is 11.0 Å². The number of hydrogen-bond acceptors (Lipinski definition) is 5. The predicted molar refractivity (Wildman–Crippen MR) is 127 cm³/mol. The Bertz CT molecular complexity index is 1130. The zero-order chi connectivity index (χ0) is 23.1. The first-order chi connectivity index (χ1) is 16.0. The molecule has 2 heterocycles. The quantitative estimate of drug-likeness (QED) is 0.425. The lowest BCUT2D eigenvalue weighted by atomic mass is 9.89. The summed E-state index contributed by atoms with van der Waals surface area (Å²) in [5, 5.41) is 11.5. The van der Waals surface area contributed by atoms with Crippen LogP contribution in [0.1, 0.15) is 54.8 Å². The van der Waals surface area contributed by atoms with Gasteiger partial charge in [-0.3, -0.25) is 9.59 Å². The van der Waals surface area contributed by atoms with Gasteiger partial charge in [0.2, 0.25) is 0 Å². The maximum Gasteiger partial charge on any atom is 0.295 e. The molecule has 6 heteroatoms. The number of aliphatic hydroxyl groups is 1. The molecule has 1 saturated heterocycles. The van der Waals surface area contributed by atoms with E-state index in [9.17, 15) is 14.7 Å². The smallest absolute Gasteiger partial charge is 0.295 e. The van der Waals surface area contributed by atoms with Crippen LogP contribution < -0.4 is 9.64 Å². The maximum atomic E-state index is 13.4. The van der Waals surface area contributed by atoms with Crippen LogP contribution in [0.5, 0.6) is 5.75 Å². The lowest BCUT2D eigenvalue weighted by Gasteiger charge is -2.36. The molecule has 172 valence electrons. The molecule has 1 N–H and O–H groups in total. The zero-order valence-corrected chi connectivity index (χ0v) is 19.2. The number of carbonyl (C=O) groups is 2. The summed E-state index contributed by atoms with van der Waals surface area (Å²) in [6.07, 6.45) is 5.02.